The van der Waals surface area contributed by atoms with E-state index in [1.165, 1.54) is 5.69 Å². The van der Waals surface area contributed by atoms with Gasteiger partial charge in [-0.2, -0.15) is 13.2 Å². The van der Waals surface area contributed by atoms with Crippen molar-refractivity contribution in [2.24, 2.45) is 0 Å². The van der Waals surface area contributed by atoms with Crippen LogP contribution in [0.4, 0.5) is 30.2 Å². The van der Waals surface area contributed by atoms with E-state index in [9.17, 15) is 18.3 Å². The first kappa shape index (κ1) is 20.8. The number of rotatable bonds is 6. The summed E-state index contributed by atoms with van der Waals surface area (Å²) in [6, 6.07) is 15.9. The van der Waals surface area contributed by atoms with E-state index in [1.807, 2.05) is 36.4 Å². The molecule has 1 saturated heterocycles. The molecule has 1 fully saturated rings. The summed E-state index contributed by atoms with van der Waals surface area (Å²) in [5.74, 6) is 0. The zero-order valence-corrected chi connectivity index (χ0v) is 16.9. The lowest BCUT2D eigenvalue weighted by Crippen LogP contribution is -2.46. The van der Waals surface area contributed by atoms with Crippen molar-refractivity contribution in [3.8, 4) is 0 Å². The minimum absolute atomic E-state index is 0.134. The number of aliphatic hydroxyl groups excluding tert-OH is 1. The molecule has 1 unspecified atom stereocenters. The Balaban J connectivity index is 1.48. The first-order valence-electron chi connectivity index (χ1n) is 9.14. The number of alkyl halides is 3. The maximum Gasteiger partial charge on any atom is 0.391 e. The van der Waals surface area contributed by atoms with Crippen LogP contribution >= 0.6 is 15.9 Å². The Morgan fingerprint density at radius 2 is 1.36 bits per heavy atom. The Labute approximate surface area is 171 Å². The van der Waals surface area contributed by atoms with Crippen LogP contribution in [-0.4, -0.2) is 50.1 Å². The largest absolute Gasteiger partial charge is 0.391 e. The first-order chi connectivity index (χ1) is 13.3. The minimum Gasteiger partial charge on any atom is -0.391 e. The molecule has 1 aliphatic heterocycles. The molecule has 4 nitrogen and oxygen atoms in total. The molecule has 28 heavy (non-hydrogen) atoms. The smallest absolute Gasteiger partial charge is 0.391 e. The van der Waals surface area contributed by atoms with E-state index in [4.69, 9.17) is 0 Å². The molecule has 1 atom stereocenters. The van der Waals surface area contributed by atoms with Crippen molar-refractivity contribution in [3.63, 3.8) is 0 Å². The molecule has 2 aromatic carbocycles. The highest BCUT2D eigenvalue weighted by Gasteiger charge is 2.30. The number of benzene rings is 2. The average molecular weight is 458 g/mol. The second kappa shape index (κ2) is 9.05. The quantitative estimate of drug-likeness (QED) is 0.669. The highest BCUT2D eigenvalue weighted by molar-refractivity contribution is 9.10. The van der Waals surface area contributed by atoms with Crippen LogP contribution in [0.25, 0.3) is 0 Å². The van der Waals surface area contributed by atoms with Crippen molar-refractivity contribution in [2.45, 2.75) is 18.7 Å². The third-order valence-electron chi connectivity index (χ3n) is 4.71. The Kier molecular flexibility index (Phi) is 6.72. The number of nitrogens with zero attached hydrogens (tertiary/aromatic N) is 2. The van der Waals surface area contributed by atoms with Gasteiger partial charge in [0.1, 0.15) is 0 Å². The lowest BCUT2D eigenvalue weighted by molar-refractivity contribution is -0.151. The van der Waals surface area contributed by atoms with E-state index in [0.717, 1.165) is 36.3 Å². The van der Waals surface area contributed by atoms with Gasteiger partial charge in [0.25, 0.3) is 0 Å². The van der Waals surface area contributed by atoms with E-state index in [1.54, 1.807) is 0 Å². The van der Waals surface area contributed by atoms with Gasteiger partial charge in [-0.25, -0.2) is 0 Å². The summed E-state index contributed by atoms with van der Waals surface area (Å²) in [4.78, 5) is 4.64. The minimum atomic E-state index is -4.36. The van der Waals surface area contributed by atoms with E-state index >= 15 is 0 Å². The van der Waals surface area contributed by atoms with Crippen molar-refractivity contribution in [1.82, 2.24) is 0 Å². The Morgan fingerprint density at radius 1 is 0.893 bits per heavy atom. The molecule has 1 aliphatic rings. The Hall–Kier alpha value is -1.93. The zero-order chi connectivity index (χ0) is 20.1. The molecule has 2 aromatic rings. The van der Waals surface area contributed by atoms with Crippen LogP contribution in [0.2, 0.25) is 0 Å². The molecule has 1 heterocycles. The van der Waals surface area contributed by atoms with Gasteiger partial charge in [-0.05, 0) is 48.5 Å². The number of halogens is 4. The molecule has 2 N–H and O–H groups in total. The second-order valence-electron chi connectivity index (χ2n) is 6.85. The molecule has 0 amide bonds. The van der Waals surface area contributed by atoms with Crippen molar-refractivity contribution in [2.75, 3.05) is 47.8 Å². The van der Waals surface area contributed by atoms with Gasteiger partial charge in [-0.3, -0.25) is 0 Å². The van der Waals surface area contributed by atoms with Gasteiger partial charge in [-0.1, -0.05) is 15.9 Å². The highest BCUT2D eigenvalue weighted by atomic mass is 79.9. The van der Waals surface area contributed by atoms with Crippen molar-refractivity contribution in [1.29, 1.82) is 0 Å². The third kappa shape index (κ3) is 6.04. The monoisotopic (exact) mass is 457 g/mol. The summed E-state index contributed by atoms with van der Waals surface area (Å²) in [6.07, 6.45) is -7.02. The van der Waals surface area contributed by atoms with Crippen molar-refractivity contribution < 1.29 is 18.3 Å². The number of hydrogen-bond acceptors (Lipinski definition) is 4. The van der Waals surface area contributed by atoms with E-state index in [-0.39, 0.29) is 6.54 Å². The summed E-state index contributed by atoms with van der Waals surface area (Å²) in [6.45, 7) is 3.50. The lowest BCUT2D eigenvalue weighted by atomic mass is 10.2. The van der Waals surface area contributed by atoms with Crippen LogP contribution < -0.4 is 15.1 Å². The topological polar surface area (TPSA) is 38.7 Å². The predicted octanol–water partition coefficient (Wildman–Crippen LogP) is 4.50. The fourth-order valence-electron chi connectivity index (χ4n) is 3.24. The van der Waals surface area contributed by atoms with Crippen molar-refractivity contribution in [3.05, 3.63) is 53.0 Å². The van der Waals surface area contributed by atoms with E-state index in [0.29, 0.717) is 5.69 Å². The molecular weight excluding hydrogens is 435 g/mol. The number of piperazine rings is 1. The summed E-state index contributed by atoms with van der Waals surface area (Å²) in [5.41, 5.74) is 2.98. The normalized spacial score (nSPS) is 16.2. The predicted molar refractivity (Wildman–Crippen MR) is 110 cm³/mol. The Bertz CT molecular complexity index is 745. The lowest BCUT2D eigenvalue weighted by Gasteiger charge is -2.37. The van der Waals surface area contributed by atoms with Gasteiger partial charge in [0.05, 0.1) is 12.5 Å². The molecule has 0 spiro atoms. The molecular formula is C20H23BrF3N3O. The third-order valence-corrected chi connectivity index (χ3v) is 5.24. The van der Waals surface area contributed by atoms with Crippen LogP contribution in [0.5, 0.6) is 0 Å². The molecule has 0 saturated carbocycles. The van der Waals surface area contributed by atoms with Gasteiger partial charge >= 0.3 is 6.18 Å². The summed E-state index contributed by atoms with van der Waals surface area (Å²) in [5, 5.41) is 12.3. The van der Waals surface area contributed by atoms with Crippen molar-refractivity contribution >= 4 is 33.0 Å². The SMILES string of the molecule is OC(CNc1ccc(N2CCN(c3ccc(Br)cc3)CC2)cc1)CC(F)(F)F. The van der Waals surface area contributed by atoms with Gasteiger partial charge in [0.2, 0.25) is 0 Å². The van der Waals surface area contributed by atoms with E-state index in [2.05, 4.69) is 43.2 Å². The van der Waals surface area contributed by atoms with Gasteiger partial charge in [-0.15, -0.1) is 0 Å². The van der Waals surface area contributed by atoms with Gasteiger partial charge in [0.15, 0.2) is 0 Å². The number of anilines is 3. The standard InChI is InChI=1S/C20H23BrF3N3O/c21-15-1-5-17(6-2-15)26-9-11-27(12-10-26)18-7-3-16(4-8-18)25-14-19(28)13-20(22,23)24/h1-8,19,25,28H,9-14H2. The molecule has 8 heteroatoms. The zero-order valence-electron chi connectivity index (χ0n) is 15.3. The van der Waals surface area contributed by atoms with Crippen LogP contribution in [-0.2, 0) is 0 Å². The second-order valence-corrected chi connectivity index (χ2v) is 7.77. The fourth-order valence-corrected chi connectivity index (χ4v) is 3.50. The molecule has 0 bridgehead atoms. The van der Waals surface area contributed by atoms with E-state index < -0.39 is 18.7 Å². The summed E-state index contributed by atoms with van der Waals surface area (Å²) in [7, 11) is 0. The molecule has 0 aromatic heterocycles. The maximum absolute atomic E-state index is 12.2. The van der Waals surface area contributed by atoms with Gasteiger partial charge < -0.3 is 20.2 Å². The van der Waals surface area contributed by atoms with Crippen LogP contribution in [0, 0.1) is 0 Å². The molecule has 0 radical (unpaired) electrons. The number of aliphatic hydroxyl groups is 1. The maximum atomic E-state index is 12.2. The summed E-state index contributed by atoms with van der Waals surface area (Å²) < 4.78 is 37.8. The van der Waals surface area contributed by atoms with Crippen LogP contribution in [0.15, 0.2) is 53.0 Å². The average Bonchev–Trinajstić information content (AvgIpc) is 2.66. The highest BCUT2D eigenvalue weighted by Crippen LogP contribution is 2.24. The molecule has 0 aliphatic carbocycles. The number of hydrogen-bond donors (Lipinski definition) is 2. The Morgan fingerprint density at radius 3 is 1.82 bits per heavy atom. The van der Waals surface area contributed by atoms with Crippen LogP contribution in [0.1, 0.15) is 6.42 Å². The molecule has 3 rings (SSSR count). The summed E-state index contributed by atoms with van der Waals surface area (Å²) >= 11 is 3.45. The number of nitrogens with one attached hydrogen (secondary N) is 1. The fraction of sp³-hybridized carbons (Fsp3) is 0.400. The van der Waals surface area contributed by atoms with Gasteiger partial charge in [0, 0.05) is 54.3 Å². The first-order valence-corrected chi connectivity index (χ1v) is 9.94. The molecule has 152 valence electrons. The van der Waals surface area contributed by atoms with Crippen LogP contribution in [0.3, 0.4) is 0 Å².